The molecule has 0 heterocycles. The topological polar surface area (TPSA) is 58.2 Å². The predicted octanol–water partition coefficient (Wildman–Crippen LogP) is 2.59. The van der Waals surface area contributed by atoms with Crippen molar-refractivity contribution in [3.05, 3.63) is 48.0 Å². The second-order valence-corrected chi connectivity index (χ2v) is 5.75. The predicted molar refractivity (Wildman–Crippen MR) is 87.7 cm³/mol. The summed E-state index contributed by atoms with van der Waals surface area (Å²) in [5, 5.41) is 5.85. The van der Waals surface area contributed by atoms with Crippen molar-refractivity contribution < 1.29 is 9.59 Å². The smallest absolute Gasteiger partial charge is 0.251 e. The molecule has 0 atom stereocenters. The van der Waals surface area contributed by atoms with Crippen molar-refractivity contribution in [1.29, 1.82) is 0 Å². The van der Waals surface area contributed by atoms with E-state index in [1.165, 1.54) is 25.3 Å². The lowest BCUT2D eigenvalue weighted by Gasteiger charge is -2.22. The van der Waals surface area contributed by atoms with Gasteiger partial charge in [0.15, 0.2) is 0 Å². The van der Waals surface area contributed by atoms with Crippen molar-refractivity contribution in [2.75, 3.05) is 6.54 Å². The molecule has 4 heteroatoms. The van der Waals surface area contributed by atoms with Crippen LogP contribution in [0.1, 0.15) is 48.0 Å². The average molecular weight is 300 g/mol. The van der Waals surface area contributed by atoms with Crippen LogP contribution < -0.4 is 10.6 Å². The highest BCUT2D eigenvalue weighted by Gasteiger charge is 2.16. The zero-order valence-electron chi connectivity index (χ0n) is 12.9. The van der Waals surface area contributed by atoms with E-state index in [-0.39, 0.29) is 11.8 Å². The summed E-state index contributed by atoms with van der Waals surface area (Å²) in [5.41, 5.74) is 1.79. The summed E-state index contributed by atoms with van der Waals surface area (Å²) in [5.74, 6) is -0.151. The molecule has 0 saturated heterocycles. The van der Waals surface area contributed by atoms with Crippen molar-refractivity contribution in [2.45, 2.75) is 44.6 Å². The molecule has 1 fully saturated rings. The first-order valence-electron chi connectivity index (χ1n) is 7.99. The molecular weight excluding hydrogens is 276 g/mol. The van der Waals surface area contributed by atoms with Crippen LogP contribution in [-0.2, 0) is 11.2 Å². The molecule has 22 heavy (non-hydrogen) atoms. The van der Waals surface area contributed by atoms with Crippen LogP contribution in [-0.4, -0.2) is 24.4 Å². The molecule has 4 nitrogen and oxygen atoms in total. The zero-order valence-corrected chi connectivity index (χ0v) is 12.9. The molecule has 0 unspecified atom stereocenters. The molecule has 118 valence electrons. The molecule has 1 aliphatic rings. The Bertz CT molecular complexity index is 516. The van der Waals surface area contributed by atoms with Gasteiger partial charge in [0, 0.05) is 18.2 Å². The van der Waals surface area contributed by atoms with Gasteiger partial charge in [-0.2, -0.15) is 0 Å². The van der Waals surface area contributed by atoms with Gasteiger partial charge in [-0.3, -0.25) is 9.59 Å². The second kappa shape index (κ2) is 8.37. The van der Waals surface area contributed by atoms with Gasteiger partial charge in [-0.1, -0.05) is 38.0 Å². The molecule has 0 bridgehead atoms. The fraction of sp³-hybridized carbons (Fsp3) is 0.444. The van der Waals surface area contributed by atoms with Crippen molar-refractivity contribution in [2.24, 2.45) is 0 Å². The fourth-order valence-electron chi connectivity index (χ4n) is 2.74. The third-order valence-electron chi connectivity index (χ3n) is 4.05. The van der Waals surface area contributed by atoms with Gasteiger partial charge in [-0.25, -0.2) is 0 Å². The number of hydrogen-bond donors (Lipinski definition) is 2. The molecule has 2 amide bonds. The summed E-state index contributed by atoms with van der Waals surface area (Å²) < 4.78 is 0. The van der Waals surface area contributed by atoms with E-state index in [4.69, 9.17) is 0 Å². The maximum atomic E-state index is 12.2. The van der Waals surface area contributed by atoms with Crippen LogP contribution in [0.2, 0.25) is 0 Å². The van der Waals surface area contributed by atoms with E-state index >= 15 is 0 Å². The minimum atomic E-state index is -0.163. The van der Waals surface area contributed by atoms with Crippen LogP contribution in [0.3, 0.4) is 0 Å². The maximum absolute atomic E-state index is 12.2. The zero-order chi connectivity index (χ0) is 15.8. The molecule has 1 aliphatic carbocycles. The maximum Gasteiger partial charge on any atom is 0.251 e. The first-order chi connectivity index (χ1) is 10.7. The highest BCUT2D eigenvalue weighted by molar-refractivity contribution is 5.94. The van der Waals surface area contributed by atoms with Crippen molar-refractivity contribution in [3.63, 3.8) is 0 Å². The monoisotopic (exact) mass is 300 g/mol. The Morgan fingerprint density at radius 2 is 1.82 bits per heavy atom. The van der Waals surface area contributed by atoms with Gasteiger partial charge in [0.05, 0.1) is 0 Å². The number of benzene rings is 1. The van der Waals surface area contributed by atoms with E-state index in [2.05, 4.69) is 17.2 Å². The van der Waals surface area contributed by atoms with E-state index in [0.717, 1.165) is 24.8 Å². The summed E-state index contributed by atoms with van der Waals surface area (Å²) in [4.78, 5) is 23.2. The lowest BCUT2D eigenvalue weighted by atomic mass is 9.95. The van der Waals surface area contributed by atoms with Gasteiger partial charge in [-0.15, -0.1) is 0 Å². The lowest BCUT2D eigenvalue weighted by molar-refractivity contribution is -0.116. The molecule has 1 aromatic rings. The van der Waals surface area contributed by atoms with Gasteiger partial charge >= 0.3 is 0 Å². The van der Waals surface area contributed by atoms with Gasteiger partial charge in [0.1, 0.15) is 0 Å². The van der Waals surface area contributed by atoms with E-state index in [1.807, 2.05) is 24.3 Å². The van der Waals surface area contributed by atoms with Crippen molar-refractivity contribution >= 4 is 11.8 Å². The van der Waals surface area contributed by atoms with Crippen molar-refractivity contribution in [1.82, 2.24) is 10.6 Å². The highest BCUT2D eigenvalue weighted by Crippen LogP contribution is 2.18. The summed E-state index contributed by atoms with van der Waals surface area (Å²) >= 11 is 0. The molecule has 0 aromatic heterocycles. The van der Waals surface area contributed by atoms with Gasteiger partial charge in [0.25, 0.3) is 5.91 Å². The Morgan fingerprint density at radius 3 is 2.45 bits per heavy atom. The normalized spacial score (nSPS) is 15.1. The summed E-state index contributed by atoms with van der Waals surface area (Å²) in [7, 11) is 0. The molecular formula is C18H24N2O2. The summed E-state index contributed by atoms with van der Waals surface area (Å²) in [6, 6.07) is 7.91. The second-order valence-electron chi connectivity index (χ2n) is 5.75. The first-order valence-corrected chi connectivity index (χ1v) is 7.99. The number of hydrogen-bond acceptors (Lipinski definition) is 2. The highest BCUT2D eigenvalue weighted by atomic mass is 16.2. The number of carbonyl (C=O) groups excluding carboxylic acids is 2. The average Bonchev–Trinajstić information content (AvgIpc) is 2.56. The van der Waals surface area contributed by atoms with E-state index in [1.54, 1.807) is 0 Å². The van der Waals surface area contributed by atoms with Crippen LogP contribution >= 0.6 is 0 Å². The van der Waals surface area contributed by atoms with E-state index < -0.39 is 0 Å². The molecule has 2 rings (SSSR count). The van der Waals surface area contributed by atoms with Crippen LogP contribution in [0.4, 0.5) is 0 Å². The number of rotatable bonds is 6. The minimum Gasteiger partial charge on any atom is -0.352 e. The quantitative estimate of drug-likeness (QED) is 0.793. The molecule has 0 radical (unpaired) electrons. The van der Waals surface area contributed by atoms with Gasteiger partial charge < -0.3 is 10.6 Å². The van der Waals surface area contributed by atoms with E-state index in [0.29, 0.717) is 18.2 Å². The van der Waals surface area contributed by atoms with Crippen LogP contribution in [0.5, 0.6) is 0 Å². The Kier molecular flexibility index (Phi) is 6.19. The Morgan fingerprint density at radius 1 is 1.14 bits per heavy atom. The molecule has 1 aromatic carbocycles. The number of amides is 2. The lowest BCUT2D eigenvalue weighted by Crippen LogP contribution is -2.36. The summed E-state index contributed by atoms with van der Waals surface area (Å²) in [6.07, 6.45) is 7.88. The third-order valence-corrected chi connectivity index (χ3v) is 4.05. The SMILES string of the molecule is C=CC(=O)NCCc1ccc(C(=O)NC2CCCCC2)cc1. The molecule has 1 saturated carbocycles. The van der Waals surface area contributed by atoms with Crippen LogP contribution in [0.25, 0.3) is 0 Å². The Balaban J connectivity index is 1.81. The molecule has 0 spiro atoms. The fourth-order valence-corrected chi connectivity index (χ4v) is 2.74. The summed E-state index contributed by atoms with van der Waals surface area (Å²) in [6.45, 7) is 3.98. The van der Waals surface area contributed by atoms with Crippen molar-refractivity contribution in [3.8, 4) is 0 Å². The third kappa shape index (κ3) is 5.02. The van der Waals surface area contributed by atoms with Crippen LogP contribution in [0.15, 0.2) is 36.9 Å². The largest absolute Gasteiger partial charge is 0.352 e. The standard InChI is InChI=1S/C18H24N2O2/c1-2-17(21)19-13-12-14-8-10-15(11-9-14)18(22)20-16-6-4-3-5-7-16/h2,8-11,16H,1,3-7,12-13H2,(H,19,21)(H,20,22). The number of carbonyl (C=O) groups is 2. The Hall–Kier alpha value is -2.10. The van der Waals surface area contributed by atoms with Gasteiger partial charge in [-0.05, 0) is 43.0 Å². The van der Waals surface area contributed by atoms with E-state index in [9.17, 15) is 9.59 Å². The Labute approximate surface area is 132 Å². The molecule has 2 N–H and O–H groups in total. The minimum absolute atomic E-state index is 0.0124. The number of nitrogens with one attached hydrogen (secondary N) is 2. The first kappa shape index (κ1) is 16.3. The van der Waals surface area contributed by atoms with Gasteiger partial charge in [0.2, 0.25) is 5.91 Å². The van der Waals surface area contributed by atoms with Crippen LogP contribution in [0, 0.1) is 0 Å². The molecule has 0 aliphatic heterocycles.